The van der Waals surface area contributed by atoms with E-state index in [9.17, 15) is 4.79 Å². The van der Waals surface area contributed by atoms with Crippen molar-refractivity contribution >= 4 is 5.97 Å². The minimum Gasteiger partial charge on any atom is -0.465 e. The minimum absolute atomic E-state index is 0.335. The summed E-state index contributed by atoms with van der Waals surface area (Å²) in [6.45, 7) is 7.48. The normalized spacial score (nSPS) is 10.8. The highest BCUT2D eigenvalue weighted by molar-refractivity contribution is 5.88. The molecule has 0 aliphatic rings. The summed E-state index contributed by atoms with van der Waals surface area (Å²) in [6.07, 6.45) is 6.43. The van der Waals surface area contributed by atoms with Crippen molar-refractivity contribution in [1.82, 2.24) is 9.88 Å². The van der Waals surface area contributed by atoms with Crippen LogP contribution >= 0.6 is 0 Å². The van der Waals surface area contributed by atoms with Crippen LogP contribution in [0.4, 0.5) is 0 Å². The summed E-state index contributed by atoms with van der Waals surface area (Å²) in [7, 11) is 1.38. The molecular formula is C16H26N2O2. The largest absolute Gasteiger partial charge is 0.465 e. The van der Waals surface area contributed by atoms with Gasteiger partial charge in [-0.3, -0.25) is 9.88 Å². The molecule has 0 N–H and O–H groups in total. The van der Waals surface area contributed by atoms with Crippen LogP contribution in [0, 0.1) is 0 Å². The Labute approximate surface area is 122 Å². The average Bonchev–Trinajstić information content (AvgIpc) is 2.49. The van der Waals surface area contributed by atoms with E-state index >= 15 is 0 Å². The summed E-state index contributed by atoms with van der Waals surface area (Å²) in [6, 6.07) is 3.70. The number of aromatic nitrogens is 1. The molecule has 0 unspecified atom stereocenters. The number of ether oxygens (including phenoxy) is 1. The van der Waals surface area contributed by atoms with E-state index in [1.54, 1.807) is 12.3 Å². The maximum Gasteiger partial charge on any atom is 0.339 e. The number of carbonyl (C=O) groups excluding carboxylic acids is 1. The molecular weight excluding hydrogens is 252 g/mol. The van der Waals surface area contributed by atoms with E-state index in [0.717, 1.165) is 25.3 Å². The lowest BCUT2D eigenvalue weighted by Gasteiger charge is -2.21. The number of nitrogens with zero attached hydrogens (tertiary/aromatic N) is 2. The molecule has 0 saturated heterocycles. The molecule has 4 heteroatoms. The van der Waals surface area contributed by atoms with Gasteiger partial charge in [-0.15, -0.1) is 0 Å². The van der Waals surface area contributed by atoms with Crippen LogP contribution in [0.2, 0.25) is 0 Å². The molecule has 0 fully saturated rings. The number of esters is 1. The zero-order valence-corrected chi connectivity index (χ0v) is 12.9. The minimum atomic E-state index is -0.335. The molecule has 0 bridgehead atoms. The second-order valence-electron chi connectivity index (χ2n) is 5.01. The second kappa shape index (κ2) is 9.48. The van der Waals surface area contributed by atoms with E-state index in [0.29, 0.717) is 5.56 Å². The van der Waals surface area contributed by atoms with Crippen molar-refractivity contribution < 1.29 is 9.53 Å². The number of hydrogen-bond acceptors (Lipinski definition) is 4. The molecule has 0 saturated carbocycles. The van der Waals surface area contributed by atoms with Gasteiger partial charge in [0.1, 0.15) is 0 Å². The lowest BCUT2D eigenvalue weighted by molar-refractivity contribution is 0.0600. The number of hydrogen-bond donors (Lipinski definition) is 0. The maximum absolute atomic E-state index is 11.4. The summed E-state index contributed by atoms with van der Waals surface area (Å²) in [5, 5.41) is 0. The zero-order chi connectivity index (χ0) is 14.8. The first-order chi connectivity index (χ1) is 9.71. The van der Waals surface area contributed by atoms with Gasteiger partial charge in [0.25, 0.3) is 0 Å². The van der Waals surface area contributed by atoms with Gasteiger partial charge in [-0.05, 0) is 38.1 Å². The molecule has 0 atom stereocenters. The molecule has 1 rings (SSSR count). The van der Waals surface area contributed by atoms with Crippen LogP contribution < -0.4 is 0 Å². The van der Waals surface area contributed by atoms with Gasteiger partial charge in [-0.25, -0.2) is 4.79 Å². The van der Waals surface area contributed by atoms with Gasteiger partial charge >= 0.3 is 5.97 Å². The van der Waals surface area contributed by atoms with E-state index in [4.69, 9.17) is 0 Å². The Hall–Kier alpha value is -1.42. The number of unbranched alkanes of at least 4 members (excludes halogenated alkanes) is 2. The number of pyridine rings is 1. The van der Waals surface area contributed by atoms with Crippen molar-refractivity contribution in [2.75, 3.05) is 20.2 Å². The van der Waals surface area contributed by atoms with Gasteiger partial charge in [-0.1, -0.05) is 26.7 Å². The molecule has 0 aliphatic carbocycles. The molecule has 4 nitrogen and oxygen atoms in total. The fraction of sp³-hybridized carbons (Fsp3) is 0.625. The van der Waals surface area contributed by atoms with Gasteiger partial charge in [0.2, 0.25) is 0 Å². The molecule has 1 aromatic heterocycles. The van der Waals surface area contributed by atoms with Gasteiger partial charge in [0, 0.05) is 12.7 Å². The van der Waals surface area contributed by atoms with Crippen molar-refractivity contribution in [3.05, 3.63) is 29.6 Å². The van der Waals surface area contributed by atoms with Gasteiger partial charge < -0.3 is 4.74 Å². The predicted molar refractivity (Wildman–Crippen MR) is 80.7 cm³/mol. The lowest BCUT2D eigenvalue weighted by atomic mass is 10.2. The Morgan fingerprint density at radius 2 is 1.85 bits per heavy atom. The lowest BCUT2D eigenvalue weighted by Crippen LogP contribution is -2.26. The molecule has 112 valence electrons. The molecule has 0 aromatic carbocycles. The smallest absolute Gasteiger partial charge is 0.339 e. The van der Waals surface area contributed by atoms with E-state index < -0.39 is 0 Å². The fourth-order valence-corrected chi connectivity index (χ4v) is 2.02. The van der Waals surface area contributed by atoms with Gasteiger partial charge in [0.15, 0.2) is 0 Å². The Kier molecular flexibility index (Phi) is 7.88. The number of rotatable bonds is 9. The standard InChI is InChI=1S/C16H26N2O2/c1-4-6-10-18(11-7-5-2)13-15-9-8-14(12-17-15)16(19)20-3/h8-9,12H,4-7,10-11,13H2,1-3H3. The molecule has 0 radical (unpaired) electrons. The topological polar surface area (TPSA) is 42.4 Å². The van der Waals surface area contributed by atoms with Crippen LogP contribution in [-0.4, -0.2) is 36.1 Å². The Morgan fingerprint density at radius 3 is 2.30 bits per heavy atom. The van der Waals surface area contributed by atoms with E-state index in [1.165, 1.54) is 32.8 Å². The van der Waals surface area contributed by atoms with Crippen molar-refractivity contribution in [1.29, 1.82) is 0 Å². The second-order valence-corrected chi connectivity index (χ2v) is 5.01. The number of methoxy groups -OCH3 is 1. The van der Waals surface area contributed by atoms with Crippen molar-refractivity contribution in [3.63, 3.8) is 0 Å². The average molecular weight is 278 g/mol. The fourth-order valence-electron chi connectivity index (χ4n) is 2.02. The van der Waals surface area contributed by atoms with Crippen LogP contribution in [-0.2, 0) is 11.3 Å². The Morgan fingerprint density at radius 1 is 1.20 bits per heavy atom. The predicted octanol–water partition coefficient (Wildman–Crippen LogP) is 3.27. The summed E-state index contributed by atoms with van der Waals surface area (Å²) < 4.78 is 4.67. The summed E-state index contributed by atoms with van der Waals surface area (Å²) in [5.41, 5.74) is 1.51. The van der Waals surface area contributed by atoms with Gasteiger partial charge in [0.05, 0.1) is 18.4 Å². The van der Waals surface area contributed by atoms with Gasteiger partial charge in [-0.2, -0.15) is 0 Å². The third-order valence-electron chi connectivity index (χ3n) is 3.29. The van der Waals surface area contributed by atoms with Crippen LogP contribution in [0.25, 0.3) is 0 Å². The van der Waals surface area contributed by atoms with Crippen LogP contribution in [0.1, 0.15) is 55.6 Å². The molecule has 0 amide bonds. The van der Waals surface area contributed by atoms with Crippen molar-refractivity contribution in [2.45, 2.75) is 46.1 Å². The Balaban J connectivity index is 2.60. The van der Waals surface area contributed by atoms with Crippen molar-refractivity contribution in [3.8, 4) is 0 Å². The summed E-state index contributed by atoms with van der Waals surface area (Å²) in [5.74, 6) is -0.335. The van der Waals surface area contributed by atoms with Crippen LogP contribution in [0.5, 0.6) is 0 Å². The monoisotopic (exact) mass is 278 g/mol. The highest BCUT2D eigenvalue weighted by atomic mass is 16.5. The highest BCUT2D eigenvalue weighted by Crippen LogP contribution is 2.07. The summed E-state index contributed by atoms with van der Waals surface area (Å²) >= 11 is 0. The van der Waals surface area contributed by atoms with E-state index in [2.05, 4.69) is 28.5 Å². The quantitative estimate of drug-likeness (QED) is 0.650. The Bertz CT molecular complexity index is 382. The van der Waals surface area contributed by atoms with Crippen molar-refractivity contribution in [2.24, 2.45) is 0 Å². The zero-order valence-electron chi connectivity index (χ0n) is 12.9. The van der Waals surface area contributed by atoms with Crippen LogP contribution in [0.15, 0.2) is 18.3 Å². The molecule has 0 spiro atoms. The van der Waals surface area contributed by atoms with Crippen LogP contribution in [0.3, 0.4) is 0 Å². The summed E-state index contributed by atoms with van der Waals surface area (Å²) in [4.78, 5) is 18.2. The third-order valence-corrected chi connectivity index (χ3v) is 3.29. The van der Waals surface area contributed by atoms with E-state index in [-0.39, 0.29) is 5.97 Å². The SMILES string of the molecule is CCCCN(CCCC)Cc1ccc(C(=O)OC)cn1. The first-order valence-corrected chi connectivity index (χ1v) is 7.46. The molecule has 0 aliphatic heterocycles. The first kappa shape index (κ1) is 16.6. The maximum atomic E-state index is 11.4. The van der Waals surface area contributed by atoms with E-state index in [1.807, 2.05) is 6.07 Å². The first-order valence-electron chi connectivity index (χ1n) is 7.46. The molecule has 1 heterocycles. The molecule has 20 heavy (non-hydrogen) atoms. The molecule has 1 aromatic rings. The number of carbonyl (C=O) groups is 1. The third kappa shape index (κ3) is 5.70. The highest BCUT2D eigenvalue weighted by Gasteiger charge is 2.08.